The molecule has 1 rings (SSSR count). The molecular formula is C10H13BrClNO. The van der Waals surface area contributed by atoms with Gasteiger partial charge >= 0.3 is 0 Å². The number of hydrogen-bond acceptors (Lipinski definition) is 2. The second kappa shape index (κ2) is 6.17. The molecular weight excluding hydrogens is 265 g/mol. The van der Waals surface area contributed by atoms with Crippen molar-refractivity contribution in [3.8, 4) is 0 Å². The van der Waals surface area contributed by atoms with Gasteiger partial charge < -0.3 is 5.32 Å². The van der Waals surface area contributed by atoms with Crippen LogP contribution in [0, 0.1) is 0 Å². The van der Waals surface area contributed by atoms with Crippen molar-refractivity contribution >= 4 is 34.1 Å². The first kappa shape index (κ1) is 8.89. The van der Waals surface area contributed by atoms with E-state index in [9.17, 15) is 4.79 Å². The number of carbonyl (C=O) groups excluding carboxylic acids is 1. The molecule has 1 aromatic rings. The molecule has 0 radical (unpaired) electrons. The molecule has 1 aromatic carbocycles. The number of likely N-dealkylation sites (N-methyl/N-ethyl adjacent to an activating group) is 1. The standard InChI is InChI=1S/C10H12BrNO.ClH/c1-7(12-2)10(13)8-3-5-9(11)6-4-8;/h3-7,12H,1-2H3;1H/i2D3;. The van der Waals surface area contributed by atoms with E-state index in [0.29, 0.717) is 5.56 Å². The minimum absolute atomic E-state index is 0. The molecule has 0 saturated carbocycles. The van der Waals surface area contributed by atoms with Gasteiger partial charge in [-0.1, -0.05) is 28.1 Å². The minimum Gasteiger partial charge on any atom is -0.310 e. The minimum atomic E-state index is -2.30. The van der Waals surface area contributed by atoms with Gasteiger partial charge in [0.2, 0.25) is 0 Å². The van der Waals surface area contributed by atoms with E-state index < -0.39 is 13.0 Å². The second-order valence-electron chi connectivity index (χ2n) is 2.74. The van der Waals surface area contributed by atoms with Gasteiger partial charge in [0.1, 0.15) is 0 Å². The van der Waals surface area contributed by atoms with Crippen molar-refractivity contribution in [2.45, 2.75) is 13.0 Å². The highest BCUT2D eigenvalue weighted by molar-refractivity contribution is 9.10. The molecule has 0 aliphatic carbocycles. The highest BCUT2D eigenvalue weighted by Gasteiger charge is 2.11. The SMILES string of the molecule is Cl.[2H]C([2H])([2H])NC(C)C(=O)c1ccc(Br)cc1. The highest BCUT2D eigenvalue weighted by Crippen LogP contribution is 2.11. The maximum atomic E-state index is 11.8. The molecule has 4 heteroatoms. The highest BCUT2D eigenvalue weighted by atomic mass is 79.9. The molecule has 0 aliphatic rings. The normalized spacial score (nSPS) is 15.7. The first-order valence-corrected chi connectivity index (χ1v) is 4.66. The number of nitrogens with one attached hydrogen (secondary N) is 1. The van der Waals surface area contributed by atoms with Crippen LogP contribution in [0.5, 0.6) is 0 Å². The van der Waals surface area contributed by atoms with Gasteiger partial charge in [0, 0.05) is 14.1 Å². The summed E-state index contributed by atoms with van der Waals surface area (Å²) in [5.41, 5.74) is 0.493. The van der Waals surface area contributed by atoms with E-state index in [-0.39, 0.29) is 18.2 Å². The number of carbonyl (C=O) groups is 1. The molecule has 2 nitrogen and oxygen atoms in total. The van der Waals surface area contributed by atoms with E-state index in [2.05, 4.69) is 21.2 Å². The largest absolute Gasteiger partial charge is 0.310 e. The molecule has 1 unspecified atom stereocenters. The van der Waals surface area contributed by atoms with E-state index >= 15 is 0 Å². The van der Waals surface area contributed by atoms with Crippen molar-refractivity contribution in [1.29, 1.82) is 0 Å². The van der Waals surface area contributed by atoms with Crippen LogP contribution in [0.2, 0.25) is 0 Å². The summed E-state index contributed by atoms with van der Waals surface area (Å²) < 4.78 is 21.9. The summed E-state index contributed by atoms with van der Waals surface area (Å²) in [6, 6.07) is 6.08. The summed E-state index contributed by atoms with van der Waals surface area (Å²) in [6.45, 7) is -0.763. The van der Waals surface area contributed by atoms with Gasteiger partial charge in [-0.15, -0.1) is 12.4 Å². The molecule has 14 heavy (non-hydrogen) atoms. The molecule has 0 fully saturated rings. The number of ketones is 1. The molecule has 0 saturated heterocycles. The van der Waals surface area contributed by atoms with Crippen LogP contribution in [-0.4, -0.2) is 18.8 Å². The van der Waals surface area contributed by atoms with E-state index in [0.717, 1.165) is 4.47 Å². The fourth-order valence-electron chi connectivity index (χ4n) is 0.930. The summed E-state index contributed by atoms with van der Waals surface area (Å²) in [7, 11) is 0. The Labute approximate surface area is 103 Å². The third-order valence-electron chi connectivity index (χ3n) is 1.74. The van der Waals surface area contributed by atoms with Crippen LogP contribution >= 0.6 is 28.3 Å². The maximum Gasteiger partial charge on any atom is 0.179 e. The van der Waals surface area contributed by atoms with Gasteiger partial charge in [-0.2, -0.15) is 0 Å². The molecule has 1 atom stereocenters. The predicted octanol–water partition coefficient (Wildman–Crippen LogP) is 2.66. The molecule has 0 bridgehead atoms. The Bertz CT molecular complexity index is 380. The average Bonchev–Trinajstić information content (AvgIpc) is 2.15. The molecule has 78 valence electrons. The number of Topliss-reactive ketones (excluding diaryl/α,β-unsaturated/α-hetero) is 1. The van der Waals surface area contributed by atoms with E-state index in [4.69, 9.17) is 4.11 Å². The Morgan fingerprint density at radius 1 is 1.50 bits per heavy atom. The second-order valence-corrected chi connectivity index (χ2v) is 3.65. The topological polar surface area (TPSA) is 29.1 Å². The number of hydrogen-bond donors (Lipinski definition) is 1. The predicted molar refractivity (Wildman–Crippen MR) is 64.2 cm³/mol. The summed E-state index contributed by atoms with van der Waals surface area (Å²) in [4.78, 5) is 11.8. The molecule has 0 aromatic heterocycles. The van der Waals surface area contributed by atoms with Gasteiger partial charge in [-0.3, -0.25) is 4.79 Å². The third-order valence-corrected chi connectivity index (χ3v) is 2.27. The molecule has 0 aliphatic heterocycles. The fourth-order valence-corrected chi connectivity index (χ4v) is 1.19. The van der Waals surface area contributed by atoms with Crippen LogP contribution in [0.4, 0.5) is 0 Å². The van der Waals surface area contributed by atoms with Gasteiger partial charge in [-0.25, -0.2) is 0 Å². The average molecular weight is 282 g/mol. The van der Waals surface area contributed by atoms with Gasteiger partial charge in [0.05, 0.1) is 6.04 Å². The van der Waals surface area contributed by atoms with Crippen LogP contribution in [-0.2, 0) is 0 Å². The summed E-state index contributed by atoms with van der Waals surface area (Å²) in [5, 5.41) is 2.27. The fraction of sp³-hybridized carbons (Fsp3) is 0.300. The lowest BCUT2D eigenvalue weighted by atomic mass is 10.1. The Morgan fingerprint density at radius 2 is 2.07 bits per heavy atom. The maximum absolute atomic E-state index is 11.8. The van der Waals surface area contributed by atoms with E-state index in [1.807, 2.05) is 0 Å². The Hall–Kier alpha value is -0.380. The molecule has 0 amide bonds. The van der Waals surface area contributed by atoms with Crippen LogP contribution in [0.25, 0.3) is 0 Å². The number of benzene rings is 1. The van der Waals surface area contributed by atoms with Gasteiger partial charge in [0.25, 0.3) is 0 Å². The summed E-state index contributed by atoms with van der Waals surface area (Å²) in [5.74, 6) is -0.233. The number of rotatable bonds is 3. The third kappa shape index (κ3) is 3.40. The lowest BCUT2D eigenvalue weighted by molar-refractivity contribution is 0.0955. The Morgan fingerprint density at radius 3 is 2.57 bits per heavy atom. The van der Waals surface area contributed by atoms with Crippen molar-refractivity contribution < 1.29 is 8.91 Å². The van der Waals surface area contributed by atoms with Crippen LogP contribution in [0.3, 0.4) is 0 Å². The van der Waals surface area contributed by atoms with Crippen molar-refractivity contribution in [3.05, 3.63) is 34.3 Å². The smallest absolute Gasteiger partial charge is 0.179 e. The molecule has 0 heterocycles. The lowest BCUT2D eigenvalue weighted by Crippen LogP contribution is -2.30. The van der Waals surface area contributed by atoms with Crippen molar-refractivity contribution in [3.63, 3.8) is 0 Å². The monoisotopic (exact) mass is 280 g/mol. The first-order valence-electron chi connectivity index (χ1n) is 5.37. The van der Waals surface area contributed by atoms with Crippen molar-refractivity contribution in [2.75, 3.05) is 6.98 Å². The number of halogens is 2. The lowest BCUT2D eigenvalue weighted by Gasteiger charge is -2.08. The summed E-state index contributed by atoms with van der Waals surface area (Å²) in [6.07, 6.45) is 0. The van der Waals surface area contributed by atoms with E-state index in [1.54, 1.807) is 24.3 Å². The molecule has 0 spiro atoms. The Kier molecular flexibility index (Phi) is 3.92. The quantitative estimate of drug-likeness (QED) is 0.863. The van der Waals surface area contributed by atoms with Crippen molar-refractivity contribution in [2.24, 2.45) is 0 Å². The zero-order chi connectivity index (χ0) is 12.3. The van der Waals surface area contributed by atoms with Crippen LogP contribution in [0.15, 0.2) is 28.7 Å². The summed E-state index contributed by atoms with van der Waals surface area (Å²) >= 11 is 3.26. The van der Waals surface area contributed by atoms with Crippen LogP contribution < -0.4 is 5.32 Å². The zero-order valence-corrected chi connectivity index (χ0v) is 9.98. The molecule has 1 N–H and O–H groups in total. The van der Waals surface area contributed by atoms with Gasteiger partial charge in [0.15, 0.2) is 5.78 Å². The van der Waals surface area contributed by atoms with E-state index in [1.165, 1.54) is 6.92 Å². The first-order chi connectivity index (χ1) is 7.29. The zero-order valence-electron chi connectivity index (χ0n) is 10.6. The van der Waals surface area contributed by atoms with Crippen LogP contribution in [0.1, 0.15) is 21.4 Å². The Balaban J connectivity index is 0.00000256. The van der Waals surface area contributed by atoms with Gasteiger partial charge in [-0.05, 0) is 26.0 Å². The van der Waals surface area contributed by atoms with Crippen molar-refractivity contribution in [1.82, 2.24) is 5.32 Å².